The number of hydrogen-bond donors (Lipinski definition) is 1. The fraction of sp³-hybridized carbons (Fsp3) is 0.500. The number of carbonyl (C=O) groups excluding carboxylic acids is 1. The van der Waals surface area contributed by atoms with Crippen LogP contribution in [0.3, 0.4) is 0 Å². The van der Waals surface area contributed by atoms with Crippen LogP contribution < -0.4 is 10.2 Å². The molecule has 0 aliphatic carbocycles. The Morgan fingerprint density at radius 2 is 1.74 bits per heavy atom. The molecular weight excluding hydrogens is 336 g/mol. The first-order valence-corrected chi connectivity index (χ1v) is 10.2. The summed E-state index contributed by atoms with van der Waals surface area (Å²) in [5.41, 5.74) is 3.43. The highest BCUT2D eigenvalue weighted by Crippen LogP contribution is 2.25. The second-order valence-corrected chi connectivity index (χ2v) is 7.77. The number of hydrogen-bond acceptors (Lipinski definition) is 3. The van der Waals surface area contributed by atoms with E-state index in [2.05, 4.69) is 57.1 Å². The van der Waals surface area contributed by atoms with E-state index in [9.17, 15) is 4.79 Å². The van der Waals surface area contributed by atoms with Crippen molar-refractivity contribution in [2.24, 2.45) is 0 Å². The topological polar surface area (TPSA) is 40.5 Å². The zero-order valence-electron chi connectivity index (χ0n) is 16.2. The highest BCUT2D eigenvalue weighted by molar-refractivity contribution is 5.92. The van der Waals surface area contributed by atoms with E-state index in [1.165, 1.54) is 37.1 Å². The molecule has 4 rings (SSSR count). The fourth-order valence-corrected chi connectivity index (χ4v) is 4.31. The molecule has 1 aromatic carbocycles. The number of amides is 1. The average Bonchev–Trinajstić information content (AvgIpc) is 2.99. The summed E-state index contributed by atoms with van der Waals surface area (Å²) < 4.78 is 2.28. The van der Waals surface area contributed by atoms with Gasteiger partial charge in [0, 0.05) is 55.5 Å². The first-order valence-electron chi connectivity index (χ1n) is 10.2. The van der Waals surface area contributed by atoms with Crippen molar-refractivity contribution in [3.63, 3.8) is 0 Å². The zero-order chi connectivity index (χ0) is 18.6. The third kappa shape index (κ3) is 4.19. The Morgan fingerprint density at radius 3 is 2.48 bits per heavy atom. The van der Waals surface area contributed by atoms with E-state index in [0.29, 0.717) is 6.54 Å². The van der Waals surface area contributed by atoms with E-state index in [1.807, 2.05) is 12.1 Å². The lowest BCUT2D eigenvalue weighted by atomic mass is 10.1. The molecule has 1 saturated heterocycles. The Kier molecular flexibility index (Phi) is 5.48. The lowest BCUT2D eigenvalue weighted by molar-refractivity contribution is -0.118. The molecule has 1 N–H and O–H groups in total. The van der Waals surface area contributed by atoms with Crippen molar-refractivity contribution in [3.05, 3.63) is 48.3 Å². The van der Waals surface area contributed by atoms with Gasteiger partial charge in [0.05, 0.1) is 6.54 Å². The molecule has 2 aromatic rings. The van der Waals surface area contributed by atoms with Crippen molar-refractivity contribution in [2.75, 3.05) is 36.4 Å². The third-order valence-electron chi connectivity index (χ3n) is 5.94. The molecule has 1 fully saturated rings. The molecule has 2 aliphatic rings. The molecule has 144 valence electrons. The van der Waals surface area contributed by atoms with Crippen molar-refractivity contribution in [2.45, 2.75) is 45.2 Å². The number of benzene rings is 1. The van der Waals surface area contributed by atoms with Gasteiger partial charge < -0.3 is 14.8 Å². The maximum atomic E-state index is 12.5. The molecule has 1 atom stereocenters. The minimum Gasteiger partial charge on any atom is -0.372 e. The van der Waals surface area contributed by atoms with E-state index in [-0.39, 0.29) is 11.9 Å². The van der Waals surface area contributed by atoms with Crippen LogP contribution in [-0.4, -0.2) is 41.6 Å². The minimum absolute atomic E-state index is 0.0596. The molecule has 0 unspecified atom stereocenters. The number of fused-ring (bicyclic) bond motifs is 1. The van der Waals surface area contributed by atoms with E-state index in [4.69, 9.17) is 0 Å². The number of anilines is 2. The number of aromatic nitrogens is 1. The summed E-state index contributed by atoms with van der Waals surface area (Å²) >= 11 is 0. The standard InChI is InChI=1S/C22H30N4O/c1-18-21-7-6-14-25(21)15-16-26(18)17-22(27)23-19-8-10-20(11-9-19)24-12-4-2-3-5-13-24/h6-11,14,18H,2-5,12-13,15-17H2,1H3,(H,23,27)/t18-/m0/s1. The minimum atomic E-state index is 0.0596. The van der Waals surface area contributed by atoms with Gasteiger partial charge in [-0.25, -0.2) is 0 Å². The van der Waals surface area contributed by atoms with Crippen molar-refractivity contribution in [3.8, 4) is 0 Å². The van der Waals surface area contributed by atoms with Crippen molar-refractivity contribution in [1.29, 1.82) is 0 Å². The van der Waals surface area contributed by atoms with Gasteiger partial charge in [-0.2, -0.15) is 0 Å². The van der Waals surface area contributed by atoms with Gasteiger partial charge in [0.2, 0.25) is 5.91 Å². The Labute approximate surface area is 162 Å². The van der Waals surface area contributed by atoms with Crippen molar-refractivity contribution in [1.82, 2.24) is 9.47 Å². The highest BCUT2D eigenvalue weighted by Gasteiger charge is 2.25. The van der Waals surface area contributed by atoms with E-state index < -0.39 is 0 Å². The van der Waals surface area contributed by atoms with Crippen LogP contribution in [-0.2, 0) is 11.3 Å². The smallest absolute Gasteiger partial charge is 0.238 e. The molecule has 3 heterocycles. The number of nitrogens with one attached hydrogen (secondary N) is 1. The van der Waals surface area contributed by atoms with Gasteiger partial charge in [0.1, 0.15) is 0 Å². The molecule has 1 aromatic heterocycles. The molecule has 27 heavy (non-hydrogen) atoms. The number of carbonyl (C=O) groups is 1. The summed E-state index contributed by atoms with van der Waals surface area (Å²) in [4.78, 5) is 17.2. The van der Waals surface area contributed by atoms with Gasteiger partial charge >= 0.3 is 0 Å². The summed E-state index contributed by atoms with van der Waals surface area (Å²) in [5.74, 6) is 0.0596. The first kappa shape index (κ1) is 18.1. The summed E-state index contributed by atoms with van der Waals surface area (Å²) in [6, 6.07) is 12.8. The molecule has 1 amide bonds. The quantitative estimate of drug-likeness (QED) is 0.893. The molecule has 5 nitrogen and oxygen atoms in total. The van der Waals surface area contributed by atoms with Gasteiger partial charge in [0.25, 0.3) is 0 Å². The van der Waals surface area contributed by atoms with Crippen LogP contribution in [0, 0.1) is 0 Å². The van der Waals surface area contributed by atoms with Crippen LogP contribution in [0.4, 0.5) is 11.4 Å². The number of nitrogens with zero attached hydrogens (tertiary/aromatic N) is 3. The zero-order valence-corrected chi connectivity index (χ0v) is 16.2. The van der Waals surface area contributed by atoms with Crippen molar-refractivity contribution < 1.29 is 4.79 Å². The van der Waals surface area contributed by atoms with Crippen LogP contribution in [0.25, 0.3) is 0 Å². The second kappa shape index (κ2) is 8.17. The van der Waals surface area contributed by atoms with Crippen molar-refractivity contribution >= 4 is 17.3 Å². The van der Waals surface area contributed by atoms with Crippen LogP contribution in [0.15, 0.2) is 42.6 Å². The maximum Gasteiger partial charge on any atom is 0.238 e. The maximum absolute atomic E-state index is 12.5. The summed E-state index contributed by atoms with van der Waals surface area (Å²) in [6.45, 7) is 6.74. The summed E-state index contributed by atoms with van der Waals surface area (Å²) in [5, 5.41) is 3.06. The summed E-state index contributed by atoms with van der Waals surface area (Å²) in [7, 11) is 0. The van der Waals surface area contributed by atoms with Crippen LogP contribution >= 0.6 is 0 Å². The largest absolute Gasteiger partial charge is 0.372 e. The molecule has 0 spiro atoms. The van der Waals surface area contributed by atoms with Gasteiger partial charge in [-0.15, -0.1) is 0 Å². The van der Waals surface area contributed by atoms with Crippen LogP contribution in [0.5, 0.6) is 0 Å². The van der Waals surface area contributed by atoms with Gasteiger partial charge in [0.15, 0.2) is 0 Å². The average molecular weight is 367 g/mol. The lowest BCUT2D eigenvalue weighted by Crippen LogP contribution is -2.41. The van der Waals surface area contributed by atoms with Gasteiger partial charge in [-0.3, -0.25) is 9.69 Å². The third-order valence-corrected chi connectivity index (χ3v) is 5.94. The Bertz CT molecular complexity index is 759. The molecule has 0 bridgehead atoms. The Hall–Kier alpha value is -2.27. The van der Waals surface area contributed by atoms with E-state index in [1.54, 1.807) is 0 Å². The highest BCUT2D eigenvalue weighted by atomic mass is 16.2. The van der Waals surface area contributed by atoms with Crippen LogP contribution in [0.1, 0.15) is 44.3 Å². The monoisotopic (exact) mass is 366 g/mol. The van der Waals surface area contributed by atoms with Crippen LogP contribution in [0.2, 0.25) is 0 Å². The van der Waals surface area contributed by atoms with Gasteiger partial charge in [-0.1, -0.05) is 12.8 Å². The SMILES string of the molecule is C[C@H]1c2cccn2CCN1CC(=O)Nc1ccc(N2CCCCCC2)cc1. The first-order chi connectivity index (χ1) is 13.2. The predicted molar refractivity (Wildman–Crippen MR) is 110 cm³/mol. The molecular formula is C22H30N4O. The molecule has 0 radical (unpaired) electrons. The van der Waals surface area contributed by atoms with Gasteiger partial charge in [-0.05, 0) is 56.2 Å². The second-order valence-electron chi connectivity index (χ2n) is 7.77. The number of rotatable bonds is 4. The molecule has 2 aliphatic heterocycles. The van der Waals surface area contributed by atoms with E-state index in [0.717, 1.165) is 31.9 Å². The Balaban J connectivity index is 1.33. The molecule has 0 saturated carbocycles. The van der Waals surface area contributed by atoms with E-state index >= 15 is 0 Å². The fourth-order valence-electron chi connectivity index (χ4n) is 4.31. The Morgan fingerprint density at radius 1 is 1.00 bits per heavy atom. The lowest BCUT2D eigenvalue weighted by Gasteiger charge is -2.34. The molecule has 5 heteroatoms. The summed E-state index contributed by atoms with van der Waals surface area (Å²) in [6.07, 6.45) is 7.34. The predicted octanol–water partition coefficient (Wildman–Crippen LogP) is 3.88. The normalized spacial score (nSPS) is 20.8.